The first-order valence-corrected chi connectivity index (χ1v) is 9.57. The van der Waals surface area contributed by atoms with Gasteiger partial charge in [-0.15, -0.1) is 10.2 Å². The Kier molecular flexibility index (Phi) is 5.03. The van der Waals surface area contributed by atoms with Crippen molar-refractivity contribution in [3.63, 3.8) is 0 Å². The van der Waals surface area contributed by atoms with Crippen LogP contribution in [0.25, 0.3) is 22.6 Å². The third kappa shape index (κ3) is 3.72. The van der Waals surface area contributed by atoms with E-state index in [2.05, 4.69) is 15.5 Å². The maximum Gasteiger partial charge on any atom is 0.234 e. The lowest BCUT2D eigenvalue weighted by Gasteiger charge is -2.06. The Morgan fingerprint density at radius 1 is 1.18 bits per heavy atom. The van der Waals surface area contributed by atoms with Crippen LogP contribution in [0, 0.1) is 0 Å². The number of rotatable bonds is 6. The molecule has 0 bridgehead atoms. The van der Waals surface area contributed by atoms with E-state index in [-0.39, 0.29) is 11.7 Å². The first-order chi connectivity index (χ1) is 13.6. The summed E-state index contributed by atoms with van der Waals surface area (Å²) in [6.45, 7) is 0. The SMILES string of the molecule is COc1ccc(NC(=O)CSc2nnc(-c3cc4ccccc4o3)n2C)cc1. The summed E-state index contributed by atoms with van der Waals surface area (Å²) in [5.74, 6) is 2.10. The van der Waals surface area contributed by atoms with Crippen molar-refractivity contribution in [3.05, 3.63) is 54.6 Å². The van der Waals surface area contributed by atoms with Gasteiger partial charge in [0.15, 0.2) is 16.7 Å². The third-order valence-corrected chi connectivity index (χ3v) is 5.21. The lowest BCUT2D eigenvalue weighted by Crippen LogP contribution is -2.14. The highest BCUT2D eigenvalue weighted by Gasteiger charge is 2.16. The number of nitrogens with zero attached hydrogens (tertiary/aromatic N) is 3. The minimum atomic E-state index is -0.122. The number of hydrogen-bond acceptors (Lipinski definition) is 6. The molecular weight excluding hydrogens is 376 g/mol. The molecule has 0 atom stereocenters. The van der Waals surface area contributed by atoms with E-state index in [9.17, 15) is 4.79 Å². The Balaban J connectivity index is 1.42. The number of para-hydroxylation sites is 1. The summed E-state index contributed by atoms with van der Waals surface area (Å²) < 4.78 is 12.8. The van der Waals surface area contributed by atoms with E-state index in [0.717, 1.165) is 16.7 Å². The number of methoxy groups -OCH3 is 1. The van der Waals surface area contributed by atoms with E-state index in [1.54, 1.807) is 31.4 Å². The van der Waals surface area contributed by atoms with Gasteiger partial charge in [0.05, 0.1) is 12.9 Å². The van der Waals surface area contributed by atoms with Crippen LogP contribution < -0.4 is 10.1 Å². The number of carbonyl (C=O) groups is 1. The molecule has 4 aromatic rings. The van der Waals surface area contributed by atoms with Crippen LogP contribution in [-0.4, -0.2) is 33.5 Å². The molecule has 0 radical (unpaired) electrons. The Hall–Kier alpha value is -3.26. The third-order valence-electron chi connectivity index (χ3n) is 4.19. The van der Waals surface area contributed by atoms with Crippen LogP contribution in [0.15, 0.2) is 64.2 Å². The van der Waals surface area contributed by atoms with Crippen LogP contribution in [0.2, 0.25) is 0 Å². The second-order valence-corrected chi connectivity index (χ2v) is 7.02. The average molecular weight is 394 g/mol. The highest BCUT2D eigenvalue weighted by molar-refractivity contribution is 7.99. The van der Waals surface area contributed by atoms with Crippen LogP contribution in [0.3, 0.4) is 0 Å². The minimum absolute atomic E-state index is 0.122. The number of anilines is 1. The standard InChI is InChI=1S/C20H18N4O3S/c1-24-19(17-11-13-5-3-4-6-16(13)27-17)22-23-20(24)28-12-18(25)21-14-7-9-15(26-2)10-8-14/h3-11H,12H2,1-2H3,(H,21,25). The Bertz CT molecular complexity index is 1090. The summed E-state index contributed by atoms with van der Waals surface area (Å²) in [5, 5.41) is 12.9. The molecule has 2 aromatic carbocycles. The van der Waals surface area contributed by atoms with E-state index in [1.165, 1.54) is 11.8 Å². The van der Waals surface area contributed by atoms with E-state index in [0.29, 0.717) is 22.4 Å². The van der Waals surface area contributed by atoms with E-state index < -0.39 is 0 Å². The van der Waals surface area contributed by atoms with Gasteiger partial charge in [-0.1, -0.05) is 30.0 Å². The Labute approximate surface area is 165 Å². The van der Waals surface area contributed by atoms with Crippen molar-refractivity contribution < 1.29 is 13.9 Å². The Morgan fingerprint density at radius 2 is 1.96 bits per heavy atom. The molecule has 0 spiro atoms. The predicted molar refractivity (Wildman–Crippen MR) is 109 cm³/mol. The zero-order valence-corrected chi connectivity index (χ0v) is 16.2. The Morgan fingerprint density at radius 3 is 2.71 bits per heavy atom. The van der Waals surface area contributed by atoms with Crippen molar-refractivity contribution in [2.75, 3.05) is 18.2 Å². The highest BCUT2D eigenvalue weighted by atomic mass is 32.2. The molecule has 8 heteroatoms. The van der Waals surface area contributed by atoms with Gasteiger partial charge in [0.1, 0.15) is 11.3 Å². The largest absolute Gasteiger partial charge is 0.497 e. The van der Waals surface area contributed by atoms with Gasteiger partial charge < -0.3 is 19.0 Å². The van der Waals surface area contributed by atoms with E-state index in [1.807, 2.05) is 41.9 Å². The summed E-state index contributed by atoms with van der Waals surface area (Å²) in [7, 11) is 3.46. The molecule has 1 amide bonds. The summed E-state index contributed by atoms with van der Waals surface area (Å²) in [6, 6.07) is 16.9. The maximum atomic E-state index is 12.2. The van der Waals surface area contributed by atoms with Gasteiger partial charge >= 0.3 is 0 Å². The predicted octanol–water partition coefficient (Wildman–Crippen LogP) is 3.97. The van der Waals surface area contributed by atoms with Crippen LogP contribution in [0.1, 0.15) is 0 Å². The summed E-state index contributed by atoms with van der Waals surface area (Å²) >= 11 is 1.32. The molecule has 7 nitrogen and oxygen atoms in total. The molecular formula is C20H18N4O3S. The molecule has 0 unspecified atom stereocenters. The molecule has 0 aliphatic carbocycles. The summed E-state index contributed by atoms with van der Waals surface area (Å²) in [6.07, 6.45) is 0. The van der Waals surface area contributed by atoms with Gasteiger partial charge in [0, 0.05) is 18.1 Å². The van der Waals surface area contributed by atoms with Gasteiger partial charge in [-0.3, -0.25) is 4.79 Å². The minimum Gasteiger partial charge on any atom is -0.497 e. The second kappa shape index (κ2) is 7.77. The maximum absolute atomic E-state index is 12.2. The molecule has 0 aliphatic rings. The molecule has 2 heterocycles. The zero-order chi connectivity index (χ0) is 19.5. The molecule has 142 valence electrons. The van der Waals surface area contributed by atoms with Crippen LogP contribution >= 0.6 is 11.8 Å². The number of carbonyl (C=O) groups excluding carboxylic acids is 1. The van der Waals surface area contributed by atoms with E-state index in [4.69, 9.17) is 9.15 Å². The van der Waals surface area contributed by atoms with Gasteiger partial charge in [0.2, 0.25) is 5.91 Å². The molecule has 0 aliphatic heterocycles. The number of amides is 1. The van der Waals surface area contributed by atoms with Crippen molar-refractivity contribution >= 4 is 34.3 Å². The number of nitrogens with one attached hydrogen (secondary N) is 1. The molecule has 4 rings (SSSR count). The quantitative estimate of drug-likeness (QED) is 0.498. The number of ether oxygens (including phenoxy) is 1. The van der Waals surface area contributed by atoms with Gasteiger partial charge in [0.25, 0.3) is 0 Å². The second-order valence-electron chi connectivity index (χ2n) is 6.08. The van der Waals surface area contributed by atoms with Crippen molar-refractivity contribution in [2.45, 2.75) is 5.16 Å². The topological polar surface area (TPSA) is 82.2 Å². The van der Waals surface area contributed by atoms with Crippen molar-refractivity contribution in [3.8, 4) is 17.3 Å². The average Bonchev–Trinajstić information content (AvgIpc) is 3.30. The summed E-state index contributed by atoms with van der Waals surface area (Å²) in [5.41, 5.74) is 1.51. The lowest BCUT2D eigenvalue weighted by molar-refractivity contribution is -0.113. The summed E-state index contributed by atoms with van der Waals surface area (Å²) in [4.78, 5) is 12.2. The molecule has 0 saturated carbocycles. The van der Waals surface area contributed by atoms with E-state index >= 15 is 0 Å². The number of furan rings is 1. The fourth-order valence-electron chi connectivity index (χ4n) is 2.75. The number of fused-ring (bicyclic) bond motifs is 1. The smallest absolute Gasteiger partial charge is 0.234 e. The first-order valence-electron chi connectivity index (χ1n) is 8.59. The van der Waals surface area contributed by atoms with Gasteiger partial charge in [-0.2, -0.15) is 0 Å². The fourth-order valence-corrected chi connectivity index (χ4v) is 3.46. The molecule has 0 saturated heterocycles. The van der Waals surface area contributed by atoms with Gasteiger partial charge in [-0.25, -0.2) is 0 Å². The molecule has 0 fully saturated rings. The van der Waals surface area contributed by atoms with Gasteiger partial charge in [-0.05, 0) is 36.4 Å². The van der Waals surface area contributed by atoms with Crippen molar-refractivity contribution in [1.82, 2.24) is 14.8 Å². The van der Waals surface area contributed by atoms with Crippen molar-refractivity contribution in [1.29, 1.82) is 0 Å². The number of hydrogen-bond donors (Lipinski definition) is 1. The normalized spacial score (nSPS) is 10.9. The van der Waals surface area contributed by atoms with Crippen LogP contribution in [0.5, 0.6) is 5.75 Å². The first kappa shape index (κ1) is 18.1. The number of aromatic nitrogens is 3. The zero-order valence-electron chi connectivity index (χ0n) is 15.4. The molecule has 1 N–H and O–H groups in total. The number of thioether (sulfide) groups is 1. The highest BCUT2D eigenvalue weighted by Crippen LogP contribution is 2.28. The lowest BCUT2D eigenvalue weighted by atomic mass is 10.2. The molecule has 28 heavy (non-hydrogen) atoms. The van der Waals surface area contributed by atoms with Crippen LogP contribution in [0.4, 0.5) is 5.69 Å². The fraction of sp³-hybridized carbons (Fsp3) is 0.150. The number of benzene rings is 2. The monoisotopic (exact) mass is 394 g/mol. The van der Waals surface area contributed by atoms with Crippen LogP contribution in [-0.2, 0) is 11.8 Å². The molecule has 2 aromatic heterocycles. The van der Waals surface area contributed by atoms with Crippen molar-refractivity contribution in [2.24, 2.45) is 7.05 Å².